The smallest absolute Gasteiger partial charge is 0.252 e. The Bertz CT molecular complexity index is 714. The van der Waals surface area contributed by atoms with Gasteiger partial charge in [-0.2, -0.15) is 0 Å². The predicted octanol–water partition coefficient (Wildman–Crippen LogP) is 2.44. The van der Waals surface area contributed by atoms with Crippen LogP contribution in [0.15, 0.2) is 18.2 Å². The van der Waals surface area contributed by atoms with Gasteiger partial charge in [-0.1, -0.05) is 0 Å². The second-order valence-corrected chi connectivity index (χ2v) is 7.60. The highest BCUT2D eigenvalue weighted by atomic mass is 32.1. The van der Waals surface area contributed by atoms with E-state index in [0.29, 0.717) is 24.3 Å². The lowest BCUT2D eigenvalue weighted by Gasteiger charge is -2.43. The second-order valence-electron chi connectivity index (χ2n) is 7.21. The lowest BCUT2D eigenvalue weighted by Crippen LogP contribution is -2.55. The third-order valence-corrected chi connectivity index (χ3v) is 5.87. The minimum atomic E-state index is -0.700. The van der Waals surface area contributed by atoms with Crippen LogP contribution in [0.5, 0.6) is 5.75 Å². The maximum atomic E-state index is 14.8. The van der Waals surface area contributed by atoms with E-state index < -0.39 is 11.4 Å². The van der Waals surface area contributed by atoms with Crippen molar-refractivity contribution in [3.05, 3.63) is 24.0 Å². The summed E-state index contributed by atoms with van der Waals surface area (Å²) in [5.74, 6) is 0.00761. The van der Waals surface area contributed by atoms with E-state index in [4.69, 9.17) is 17.0 Å². The lowest BCUT2D eigenvalue weighted by molar-refractivity contribution is -0.125. The molecular formula is C18H22FN3O2S. The summed E-state index contributed by atoms with van der Waals surface area (Å²) in [5.41, 5.74) is -0.354. The summed E-state index contributed by atoms with van der Waals surface area (Å²) in [4.78, 5) is 16.2. The molecule has 0 radical (unpaired) electrons. The largest absolute Gasteiger partial charge is 0.490 e. The van der Waals surface area contributed by atoms with E-state index in [1.165, 1.54) is 6.07 Å². The molecule has 0 unspecified atom stereocenters. The molecule has 0 atom stereocenters. The number of amides is 1. The van der Waals surface area contributed by atoms with Crippen LogP contribution in [0.4, 0.5) is 10.1 Å². The van der Waals surface area contributed by atoms with Gasteiger partial charge in [0.15, 0.2) is 10.9 Å². The third-order valence-electron chi connectivity index (χ3n) is 5.58. The first-order chi connectivity index (χ1) is 12.0. The van der Waals surface area contributed by atoms with Crippen molar-refractivity contribution in [1.29, 1.82) is 0 Å². The van der Waals surface area contributed by atoms with E-state index in [9.17, 15) is 9.18 Å². The summed E-state index contributed by atoms with van der Waals surface area (Å²) in [6.07, 6.45) is 4.36. The molecule has 134 valence electrons. The molecule has 2 heterocycles. The lowest BCUT2D eigenvalue weighted by atomic mass is 9.75. The summed E-state index contributed by atoms with van der Waals surface area (Å²) in [6.45, 7) is 1.98. The number of nitrogens with one attached hydrogen (secondary N) is 1. The Morgan fingerprint density at radius 1 is 1.32 bits per heavy atom. The Hall–Kier alpha value is -1.73. The van der Waals surface area contributed by atoms with Gasteiger partial charge in [0, 0.05) is 19.2 Å². The molecule has 1 aromatic rings. The SMILES string of the molecule is CN1CCC(Oc2ccc(N3C(=S)NC(=O)C34CCC4)c(F)c2)CC1. The van der Waals surface area contributed by atoms with Gasteiger partial charge >= 0.3 is 0 Å². The van der Waals surface area contributed by atoms with Gasteiger partial charge in [0.2, 0.25) is 0 Å². The summed E-state index contributed by atoms with van der Waals surface area (Å²) >= 11 is 5.27. The summed E-state index contributed by atoms with van der Waals surface area (Å²) in [6, 6.07) is 4.85. The van der Waals surface area contributed by atoms with Crippen LogP contribution in [0.2, 0.25) is 0 Å². The van der Waals surface area contributed by atoms with Crippen molar-refractivity contribution in [1.82, 2.24) is 10.2 Å². The first-order valence-electron chi connectivity index (χ1n) is 8.80. The number of piperidine rings is 1. The van der Waals surface area contributed by atoms with Gasteiger partial charge in [-0.3, -0.25) is 4.79 Å². The Kier molecular flexibility index (Phi) is 4.16. The van der Waals surface area contributed by atoms with Crippen molar-refractivity contribution < 1.29 is 13.9 Å². The molecule has 5 nitrogen and oxygen atoms in total. The van der Waals surface area contributed by atoms with Crippen LogP contribution in [0.25, 0.3) is 0 Å². The van der Waals surface area contributed by atoms with Gasteiger partial charge in [0.1, 0.15) is 17.4 Å². The molecule has 2 aliphatic heterocycles. The number of rotatable bonds is 3. The van der Waals surface area contributed by atoms with Crippen LogP contribution in [0, 0.1) is 5.82 Å². The predicted molar refractivity (Wildman–Crippen MR) is 97.3 cm³/mol. The van der Waals surface area contributed by atoms with Gasteiger partial charge in [-0.05, 0) is 63.5 Å². The molecule has 1 saturated carbocycles. The van der Waals surface area contributed by atoms with Crippen molar-refractivity contribution in [3.8, 4) is 5.75 Å². The van der Waals surface area contributed by atoms with Crippen molar-refractivity contribution in [3.63, 3.8) is 0 Å². The van der Waals surface area contributed by atoms with E-state index in [1.54, 1.807) is 17.0 Å². The van der Waals surface area contributed by atoms with Crippen LogP contribution < -0.4 is 15.0 Å². The summed E-state index contributed by atoms with van der Waals surface area (Å²) < 4.78 is 20.7. The first kappa shape index (κ1) is 16.7. The van der Waals surface area contributed by atoms with Crippen molar-refractivity contribution >= 4 is 28.9 Å². The summed E-state index contributed by atoms with van der Waals surface area (Å²) in [7, 11) is 2.09. The van der Waals surface area contributed by atoms with E-state index >= 15 is 0 Å². The third kappa shape index (κ3) is 2.79. The number of ether oxygens (including phenoxy) is 1. The summed E-state index contributed by atoms with van der Waals surface area (Å²) in [5, 5.41) is 2.97. The van der Waals surface area contributed by atoms with Crippen LogP contribution in [0.3, 0.4) is 0 Å². The number of likely N-dealkylation sites (tertiary alicyclic amines) is 1. The topological polar surface area (TPSA) is 44.8 Å². The van der Waals surface area contributed by atoms with E-state index in [0.717, 1.165) is 32.4 Å². The highest BCUT2D eigenvalue weighted by molar-refractivity contribution is 7.80. The number of benzene rings is 1. The molecule has 1 aliphatic carbocycles. The normalized spacial score (nSPS) is 23.7. The maximum Gasteiger partial charge on any atom is 0.252 e. The second kappa shape index (κ2) is 6.21. The molecule has 1 spiro atoms. The fourth-order valence-electron chi connectivity index (χ4n) is 3.91. The molecule has 25 heavy (non-hydrogen) atoms. The molecular weight excluding hydrogens is 341 g/mol. The number of carbonyl (C=O) groups is 1. The molecule has 2 saturated heterocycles. The standard InChI is InChI=1S/C18H22FN3O2S/c1-21-9-5-12(6-10-21)24-13-3-4-15(14(19)11-13)22-17(25)20-16(23)18(22)7-2-8-18/h3-4,11-12H,2,5-10H2,1H3,(H,20,23,25). The molecule has 3 fully saturated rings. The van der Waals surface area contributed by atoms with E-state index in [2.05, 4.69) is 17.3 Å². The van der Waals surface area contributed by atoms with Gasteiger partial charge in [0.05, 0.1) is 5.69 Å². The molecule has 3 aliphatic rings. The van der Waals surface area contributed by atoms with E-state index in [-0.39, 0.29) is 17.1 Å². The zero-order valence-electron chi connectivity index (χ0n) is 14.3. The molecule has 1 aromatic carbocycles. The van der Waals surface area contributed by atoms with Gasteiger partial charge in [-0.15, -0.1) is 0 Å². The zero-order valence-corrected chi connectivity index (χ0v) is 15.1. The average Bonchev–Trinajstić information content (AvgIpc) is 2.80. The molecule has 7 heteroatoms. The van der Waals surface area contributed by atoms with E-state index in [1.807, 2.05) is 0 Å². The van der Waals surface area contributed by atoms with Crippen LogP contribution in [-0.2, 0) is 4.79 Å². The Morgan fingerprint density at radius 3 is 2.64 bits per heavy atom. The fraction of sp³-hybridized carbons (Fsp3) is 0.556. The van der Waals surface area contributed by atoms with Crippen molar-refractivity contribution in [2.45, 2.75) is 43.7 Å². The number of hydrogen-bond acceptors (Lipinski definition) is 4. The Morgan fingerprint density at radius 2 is 2.04 bits per heavy atom. The Balaban J connectivity index is 1.54. The van der Waals surface area contributed by atoms with Gasteiger partial charge < -0.3 is 19.9 Å². The average molecular weight is 363 g/mol. The van der Waals surface area contributed by atoms with Crippen LogP contribution >= 0.6 is 12.2 Å². The Labute approximate surface area is 152 Å². The molecule has 1 amide bonds. The maximum absolute atomic E-state index is 14.8. The number of carbonyl (C=O) groups excluding carboxylic acids is 1. The van der Waals surface area contributed by atoms with Crippen molar-refractivity contribution in [2.24, 2.45) is 0 Å². The molecule has 0 aromatic heterocycles. The molecule has 4 rings (SSSR count). The van der Waals surface area contributed by atoms with Crippen LogP contribution in [0.1, 0.15) is 32.1 Å². The first-order valence-corrected chi connectivity index (χ1v) is 9.21. The minimum absolute atomic E-state index is 0.116. The number of hydrogen-bond donors (Lipinski definition) is 1. The van der Waals surface area contributed by atoms with Gasteiger partial charge in [-0.25, -0.2) is 4.39 Å². The highest BCUT2D eigenvalue weighted by Gasteiger charge is 2.56. The van der Waals surface area contributed by atoms with Crippen molar-refractivity contribution in [2.75, 3.05) is 25.0 Å². The number of anilines is 1. The molecule has 0 bridgehead atoms. The fourth-order valence-corrected chi connectivity index (χ4v) is 4.27. The minimum Gasteiger partial charge on any atom is -0.490 e. The number of thiocarbonyl (C=S) groups is 1. The molecule has 1 N–H and O–H groups in total. The highest BCUT2D eigenvalue weighted by Crippen LogP contribution is 2.44. The quantitative estimate of drug-likeness (QED) is 0.836. The monoisotopic (exact) mass is 363 g/mol. The number of nitrogens with zero attached hydrogens (tertiary/aromatic N) is 2. The van der Waals surface area contributed by atoms with Crippen LogP contribution in [-0.4, -0.2) is 47.7 Å². The van der Waals surface area contributed by atoms with Gasteiger partial charge in [0.25, 0.3) is 5.91 Å². The number of halogens is 1. The zero-order chi connectivity index (χ0) is 17.6.